The maximum absolute atomic E-state index is 14.9. The molecular formula is C20H22FN5O3. The lowest BCUT2D eigenvalue weighted by atomic mass is 10.2. The first kappa shape index (κ1) is 19.0. The molecule has 152 valence electrons. The van der Waals surface area contributed by atoms with Crippen molar-refractivity contribution in [2.24, 2.45) is 0 Å². The molecule has 0 unspecified atom stereocenters. The van der Waals surface area contributed by atoms with Gasteiger partial charge in [-0.05, 0) is 25.1 Å². The van der Waals surface area contributed by atoms with Gasteiger partial charge >= 0.3 is 6.09 Å². The van der Waals surface area contributed by atoms with E-state index < -0.39 is 18.0 Å². The van der Waals surface area contributed by atoms with Crippen molar-refractivity contribution in [1.29, 1.82) is 0 Å². The third-order valence-electron chi connectivity index (χ3n) is 5.01. The number of rotatable bonds is 5. The number of ether oxygens (including phenoxy) is 1. The first-order chi connectivity index (χ1) is 14.0. The summed E-state index contributed by atoms with van der Waals surface area (Å²) in [6.45, 7) is 4.94. The molecule has 0 aliphatic carbocycles. The molecule has 29 heavy (non-hydrogen) atoms. The summed E-state index contributed by atoms with van der Waals surface area (Å²) in [5.74, 6) is -0.602. The van der Waals surface area contributed by atoms with E-state index in [0.29, 0.717) is 24.5 Å². The molecule has 0 spiro atoms. The van der Waals surface area contributed by atoms with E-state index in [9.17, 15) is 14.0 Å². The van der Waals surface area contributed by atoms with Gasteiger partial charge < -0.3 is 15.0 Å². The zero-order valence-corrected chi connectivity index (χ0v) is 16.3. The molecular weight excluding hydrogens is 377 g/mol. The smallest absolute Gasteiger partial charge is 0.414 e. The number of hydrogen-bond donors (Lipinski definition) is 1. The standard InChI is InChI=1S/C20H22FN5O3/c1-3-6-26-19-12-24(10-14(19)8-23-26)18-5-4-15(7-17(18)21)25-11-16(29-20(25)28)9-22-13(2)27/h3-8,16H,9-12H2,1-2H3,(H,22,27)/t16-/m0/s1. The second kappa shape index (κ2) is 7.57. The van der Waals surface area contributed by atoms with E-state index in [1.165, 1.54) is 17.9 Å². The topological polar surface area (TPSA) is 79.7 Å². The molecule has 2 amide bonds. The third kappa shape index (κ3) is 3.67. The van der Waals surface area contributed by atoms with E-state index in [1.54, 1.807) is 23.0 Å². The van der Waals surface area contributed by atoms with Crippen LogP contribution >= 0.6 is 0 Å². The highest BCUT2D eigenvalue weighted by Crippen LogP contribution is 2.33. The molecule has 1 aromatic carbocycles. The van der Waals surface area contributed by atoms with Gasteiger partial charge in [-0.3, -0.25) is 9.69 Å². The Bertz CT molecular complexity index is 986. The van der Waals surface area contributed by atoms with Crippen LogP contribution in [0.2, 0.25) is 0 Å². The summed E-state index contributed by atoms with van der Waals surface area (Å²) in [7, 11) is 0. The fourth-order valence-corrected chi connectivity index (χ4v) is 3.63. The van der Waals surface area contributed by atoms with Crippen molar-refractivity contribution in [2.75, 3.05) is 22.9 Å². The van der Waals surface area contributed by atoms with Crippen molar-refractivity contribution in [3.63, 3.8) is 0 Å². The molecule has 2 aliphatic rings. The Hall–Kier alpha value is -3.36. The van der Waals surface area contributed by atoms with Crippen molar-refractivity contribution >= 4 is 29.6 Å². The van der Waals surface area contributed by atoms with Crippen molar-refractivity contribution in [3.8, 4) is 0 Å². The lowest BCUT2D eigenvalue weighted by Gasteiger charge is -2.21. The Morgan fingerprint density at radius 1 is 1.41 bits per heavy atom. The van der Waals surface area contributed by atoms with Gasteiger partial charge in [-0.25, -0.2) is 13.9 Å². The number of hydrogen-bond acceptors (Lipinski definition) is 5. The molecule has 4 rings (SSSR count). The summed E-state index contributed by atoms with van der Waals surface area (Å²) < 4.78 is 21.9. The van der Waals surface area contributed by atoms with Gasteiger partial charge in [0.05, 0.1) is 42.9 Å². The van der Waals surface area contributed by atoms with Crippen LogP contribution in [0.1, 0.15) is 25.1 Å². The van der Waals surface area contributed by atoms with E-state index in [-0.39, 0.29) is 19.0 Å². The molecule has 1 atom stereocenters. The molecule has 3 heterocycles. The van der Waals surface area contributed by atoms with Crippen LogP contribution in [0.5, 0.6) is 0 Å². The Morgan fingerprint density at radius 3 is 2.97 bits per heavy atom. The minimum absolute atomic E-state index is 0.195. The Kier molecular flexibility index (Phi) is 4.96. The Labute approximate surface area is 167 Å². The molecule has 1 fully saturated rings. The minimum atomic E-state index is -0.549. The fourth-order valence-electron chi connectivity index (χ4n) is 3.63. The highest BCUT2D eigenvalue weighted by Gasteiger charge is 2.33. The number of carbonyl (C=O) groups excluding carboxylic acids is 2. The highest BCUT2D eigenvalue weighted by atomic mass is 19.1. The van der Waals surface area contributed by atoms with Crippen LogP contribution in [0.15, 0.2) is 30.5 Å². The van der Waals surface area contributed by atoms with Crippen LogP contribution in [-0.4, -0.2) is 41.0 Å². The predicted octanol–water partition coefficient (Wildman–Crippen LogP) is 2.49. The molecule has 9 heteroatoms. The number of fused-ring (bicyclic) bond motifs is 1. The van der Waals surface area contributed by atoms with Crippen LogP contribution < -0.4 is 15.1 Å². The number of amides is 2. The van der Waals surface area contributed by atoms with Gasteiger partial charge in [0, 0.05) is 25.2 Å². The van der Waals surface area contributed by atoms with Gasteiger partial charge in [0.25, 0.3) is 0 Å². The molecule has 0 bridgehead atoms. The Balaban J connectivity index is 1.48. The molecule has 2 aromatic rings. The summed E-state index contributed by atoms with van der Waals surface area (Å²) in [4.78, 5) is 26.5. The summed E-state index contributed by atoms with van der Waals surface area (Å²) in [6.07, 6.45) is 4.57. The molecule has 1 saturated heterocycles. The number of benzene rings is 1. The summed E-state index contributed by atoms with van der Waals surface area (Å²) in [6, 6.07) is 4.73. The van der Waals surface area contributed by atoms with Gasteiger partial charge in [-0.15, -0.1) is 0 Å². The molecule has 0 saturated carbocycles. The number of carbonyl (C=O) groups is 2. The van der Waals surface area contributed by atoms with Crippen LogP contribution in [-0.2, 0) is 22.6 Å². The predicted molar refractivity (Wildman–Crippen MR) is 106 cm³/mol. The lowest BCUT2D eigenvalue weighted by Crippen LogP contribution is -2.33. The lowest BCUT2D eigenvalue weighted by molar-refractivity contribution is -0.119. The average Bonchev–Trinajstić information content (AvgIpc) is 3.35. The number of nitrogens with one attached hydrogen (secondary N) is 1. The number of allylic oxidation sites excluding steroid dienone is 1. The zero-order chi connectivity index (χ0) is 20.5. The number of cyclic esters (lactones) is 1. The quantitative estimate of drug-likeness (QED) is 0.836. The maximum atomic E-state index is 14.9. The van der Waals surface area contributed by atoms with Crippen molar-refractivity contribution in [1.82, 2.24) is 15.1 Å². The van der Waals surface area contributed by atoms with Crippen molar-refractivity contribution in [2.45, 2.75) is 33.0 Å². The fraction of sp³-hybridized carbons (Fsp3) is 0.350. The van der Waals surface area contributed by atoms with E-state index in [2.05, 4.69) is 10.4 Å². The largest absolute Gasteiger partial charge is 0.442 e. The molecule has 2 aliphatic heterocycles. The van der Waals surface area contributed by atoms with Crippen LogP contribution in [0.3, 0.4) is 0 Å². The van der Waals surface area contributed by atoms with Crippen molar-refractivity contribution < 1.29 is 18.7 Å². The zero-order valence-electron chi connectivity index (χ0n) is 16.3. The summed E-state index contributed by atoms with van der Waals surface area (Å²) in [5.41, 5.74) is 3.00. The summed E-state index contributed by atoms with van der Waals surface area (Å²) in [5, 5.41) is 6.93. The second-order valence-corrected chi connectivity index (χ2v) is 7.09. The first-order valence-corrected chi connectivity index (χ1v) is 9.41. The molecule has 1 aromatic heterocycles. The maximum Gasteiger partial charge on any atom is 0.414 e. The van der Waals surface area contributed by atoms with E-state index in [4.69, 9.17) is 4.74 Å². The third-order valence-corrected chi connectivity index (χ3v) is 5.01. The van der Waals surface area contributed by atoms with E-state index in [1.807, 2.05) is 24.1 Å². The highest BCUT2D eigenvalue weighted by molar-refractivity contribution is 5.90. The molecule has 8 nitrogen and oxygen atoms in total. The van der Waals surface area contributed by atoms with Crippen molar-refractivity contribution in [3.05, 3.63) is 47.5 Å². The Morgan fingerprint density at radius 2 is 2.24 bits per heavy atom. The summed E-state index contributed by atoms with van der Waals surface area (Å²) >= 11 is 0. The minimum Gasteiger partial charge on any atom is -0.442 e. The van der Waals surface area contributed by atoms with Gasteiger partial charge in [0.15, 0.2) is 0 Å². The van der Waals surface area contributed by atoms with Crippen LogP contribution in [0, 0.1) is 5.82 Å². The average molecular weight is 399 g/mol. The SMILES string of the molecule is CC=Cn1ncc2c1CN(c1ccc(N3C[C@H](CNC(C)=O)OC3=O)cc1F)C2. The van der Waals surface area contributed by atoms with Gasteiger partial charge in [-0.2, -0.15) is 5.10 Å². The van der Waals surface area contributed by atoms with Gasteiger partial charge in [-0.1, -0.05) is 6.08 Å². The van der Waals surface area contributed by atoms with Gasteiger partial charge in [0.2, 0.25) is 5.91 Å². The second-order valence-electron chi connectivity index (χ2n) is 7.09. The number of nitrogens with zero attached hydrogens (tertiary/aromatic N) is 4. The number of aromatic nitrogens is 2. The number of anilines is 2. The van der Waals surface area contributed by atoms with Crippen LogP contribution in [0.25, 0.3) is 6.20 Å². The monoisotopic (exact) mass is 399 g/mol. The van der Waals surface area contributed by atoms with E-state index >= 15 is 0 Å². The molecule has 1 N–H and O–H groups in total. The molecule has 0 radical (unpaired) electrons. The van der Waals surface area contributed by atoms with Gasteiger partial charge in [0.1, 0.15) is 11.9 Å². The van der Waals surface area contributed by atoms with E-state index in [0.717, 1.165) is 11.3 Å². The first-order valence-electron chi connectivity index (χ1n) is 9.41. The van der Waals surface area contributed by atoms with Crippen LogP contribution in [0.4, 0.5) is 20.6 Å². The normalized spacial score (nSPS) is 18.4. The number of halogens is 1.